The molecule has 0 bridgehead atoms. The van der Waals surface area contributed by atoms with Crippen LogP contribution in [-0.2, 0) is 0 Å². The second kappa shape index (κ2) is 20.2. The van der Waals surface area contributed by atoms with Gasteiger partial charge in [0.1, 0.15) is 0 Å². The van der Waals surface area contributed by atoms with Gasteiger partial charge in [0.2, 0.25) is 0 Å². The van der Waals surface area contributed by atoms with Crippen LogP contribution in [0.1, 0.15) is 67.2 Å². The Hall–Kier alpha value is -0.300. The van der Waals surface area contributed by atoms with Crippen LogP contribution < -0.4 is 5.73 Å². The maximum absolute atomic E-state index is 5.61. The fourth-order valence-electron chi connectivity index (χ4n) is 1.21. The molecule has 0 aromatic rings. The molecule has 0 saturated carbocycles. The summed E-state index contributed by atoms with van der Waals surface area (Å²) in [6, 6.07) is 0. The van der Waals surface area contributed by atoms with Crippen LogP contribution in [0, 0.1) is 11.8 Å². The first-order valence-corrected chi connectivity index (χ1v) is 6.93. The van der Waals surface area contributed by atoms with E-state index < -0.39 is 0 Å². The summed E-state index contributed by atoms with van der Waals surface area (Å²) in [6.45, 7) is 16.9. The largest absolute Gasteiger partial charge is 0.330 e. The molecule has 2 unspecified atom stereocenters. The van der Waals surface area contributed by atoms with Crippen molar-refractivity contribution in [3.05, 3.63) is 12.7 Å². The summed E-state index contributed by atoms with van der Waals surface area (Å²) in [5.41, 5.74) is 5.61. The molecule has 0 heterocycles. The standard InChI is InChI=1S/C10H23N.C3H6.C2H6/c1-4-9(3)6-7-10(5-2)8-11;1-3-2;1-2/h9-10H,4-8,11H2,1-3H3;3H,1H2,2H3;1-2H3. The van der Waals surface area contributed by atoms with E-state index in [0.29, 0.717) is 0 Å². The molecule has 1 nitrogen and oxygen atoms in total. The van der Waals surface area contributed by atoms with Gasteiger partial charge in [0.15, 0.2) is 0 Å². The van der Waals surface area contributed by atoms with Gasteiger partial charge >= 0.3 is 0 Å². The summed E-state index contributed by atoms with van der Waals surface area (Å²) >= 11 is 0. The van der Waals surface area contributed by atoms with Crippen molar-refractivity contribution in [2.45, 2.75) is 67.2 Å². The van der Waals surface area contributed by atoms with Crippen molar-refractivity contribution >= 4 is 0 Å². The fraction of sp³-hybridized carbons (Fsp3) is 0.867. The van der Waals surface area contributed by atoms with E-state index in [1.165, 1.54) is 25.7 Å². The van der Waals surface area contributed by atoms with Gasteiger partial charge in [0.25, 0.3) is 0 Å². The number of nitrogens with two attached hydrogens (primary N) is 1. The second-order valence-corrected chi connectivity index (χ2v) is 4.01. The van der Waals surface area contributed by atoms with Crippen LogP contribution in [0.3, 0.4) is 0 Å². The lowest BCUT2D eigenvalue weighted by Gasteiger charge is -2.14. The maximum Gasteiger partial charge on any atom is -0.00490 e. The van der Waals surface area contributed by atoms with E-state index in [0.717, 1.165) is 18.4 Å². The Morgan fingerprint density at radius 1 is 1.12 bits per heavy atom. The molecule has 16 heavy (non-hydrogen) atoms. The fourth-order valence-corrected chi connectivity index (χ4v) is 1.21. The molecule has 0 aromatic heterocycles. The predicted octanol–water partition coefficient (Wildman–Crippen LogP) is 5.02. The number of hydrogen-bond acceptors (Lipinski definition) is 1. The van der Waals surface area contributed by atoms with Crippen molar-refractivity contribution in [2.75, 3.05) is 6.54 Å². The van der Waals surface area contributed by atoms with Gasteiger partial charge in [-0.15, -0.1) is 6.58 Å². The lowest BCUT2D eigenvalue weighted by atomic mass is 9.94. The highest BCUT2D eigenvalue weighted by Gasteiger charge is 2.05. The van der Waals surface area contributed by atoms with Gasteiger partial charge in [-0.3, -0.25) is 0 Å². The summed E-state index contributed by atoms with van der Waals surface area (Å²) in [5.74, 6) is 1.65. The van der Waals surface area contributed by atoms with Crippen LogP contribution in [-0.4, -0.2) is 6.54 Å². The minimum atomic E-state index is 0.768. The lowest BCUT2D eigenvalue weighted by molar-refractivity contribution is 0.400. The van der Waals surface area contributed by atoms with Crippen LogP contribution in [0.15, 0.2) is 12.7 Å². The zero-order valence-corrected chi connectivity index (χ0v) is 12.6. The molecular formula is C15H35N. The van der Waals surface area contributed by atoms with Gasteiger partial charge in [-0.25, -0.2) is 0 Å². The first kappa shape index (κ1) is 21.0. The Balaban J connectivity index is -0.000000289. The van der Waals surface area contributed by atoms with Gasteiger partial charge in [-0.1, -0.05) is 60.0 Å². The molecule has 0 saturated heterocycles. The topological polar surface area (TPSA) is 26.0 Å². The Morgan fingerprint density at radius 2 is 1.56 bits per heavy atom. The molecule has 0 aliphatic carbocycles. The van der Waals surface area contributed by atoms with Gasteiger partial charge in [-0.05, 0) is 31.7 Å². The van der Waals surface area contributed by atoms with Crippen LogP contribution >= 0.6 is 0 Å². The number of allylic oxidation sites excluding steroid dienone is 1. The smallest absolute Gasteiger partial charge is 0.00490 e. The van der Waals surface area contributed by atoms with Crippen LogP contribution in [0.5, 0.6) is 0 Å². The van der Waals surface area contributed by atoms with Gasteiger partial charge in [0.05, 0.1) is 0 Å². The zero-order chi connectivity index (χ0) is 13.4. The van der Waals surface area contributed by atoms with Crippen LogP contribution in [0.4, 0.5) is 0 Å². The monoisotopic (exact) mass is 229 g/mol. The minimum Gasteiger partial charge on any atom is -0.330 e. The highest BCUT2D eigenvalue weighted by molar-refractivity contribution is 4.60. The Morgan fingerprint density at radius 3 is 1.81 bits per heavy atom. The van der Waals surface area contributed by atoms with Crippen molar-refractivity contribution < 1.29 is 0 Å². The normalized spacial score (nSPS) is 12.4. The van der Waals surface area contributed by atoms with Gasteiger partial charge < -0.3 is 5.73 Å². The lowest BCUT2D eigenvalue weighted by Crippen LogP contribution is -2.14. The molecule has 0 fully saturated rings. The molecule has 0 radical (unpaired) electrons. The first-order chi connectivity index (χ1) is 7.65. The molecule has 2 N–H and O–H groups in total. The number of rotatable bonds is 6. The summed E-state index contributed by atoms with van der Waals surface area (Å²) in [6.07, 6.45) is 6.97. The van der Waals surface area contributed by atoms with Crippen molar-refractivity contribution in [1.82, 2.24) is 0 Å². The Kier molecular flexibility index (Phi) is 26.5. The van der Waals surface area contributed by atoms with Gasteiger partial charge in [-0.2, -0.15) is 0 Å². The minimum absolute atomic E-state index is 0.768. The third kappa shape index (κ3) is 19.3. The molecule has 100 valence electrons. The first-order valence-electron chi connectivity index (χ1n) is 6.93. The summed E-state index contributed by atoms with van der Waals surface area (Å²) in [7, 11) is 0. The molecule has 0 aliphatic rings. The van der Waals surface area contributed by atoms with Crippen molar-refractivity contribution in [2.24, 2.45) is 17.6 Å². The third-order valence-corrected chi connectivity index (χ3v) is 2.68. The maximum atomic E-state index is 5.61. The quantitative estimate of drug-likeness (QED) is 0.636. The SMILES string of the molecule is C=CC.CC.CCC(C)CCC(CC)CN. The Bertz CT molecular complexity index is 106. The van der Waals surface area contributed by atoms with E-state index in [1.807, 2.05) is 20.8 Å². The Labute approximate surface area is 105 Å². The molecule has 0 aliphatic heterocycles. The van der Waals surface area contributed by atoms with Crippen LogP contribution in [0.25, 0.3) is 0 Å². The molecule has 0 spiro atoms. The molecule has 2 atom stereocenters. The van der Waals surface area contributed by atoms with Gasteiger partial charge in [0, 0.05) is 0 Å². The van der Waals surface area contributed by atoms with E-state index in [-0.39, 0.29) is 0 Å². The van der Waals surface area contributed by atoms with Crippen molar-refractivity contribution in [1.29, 1.82) is 0 Å². The van der Waals surface area contributed by atoms with E-state index in [1.54, 1.807) is 6.08 Å². The average molecular weight is 229 g/mol. The van der Waals surface area contributed by atoms with Crippen molar-refractivity contribution in [3.8, 4) is 0 Å². The van der Waals surface area contributed by atoms with Crippen LogP contribution in [0.2, 0.25) is 0 Å². The molecule has 0 amide bonds. The molecular weight excluding hydrogens is 194 g/mol. The van der Waals surface area contributed by atoms with E-state index in [2.05, 4.69) is 27.4 Å². The molecule has 0 aromatic carbocycles. The highest BCUT2D eigenvalue weighted by atomic mass is 14.5. The highest BCUT2D eigenvalue weighted by Crippen LogP contribution is 2.16. The summed E-state index contributed by atoms with van der Waals surface area (Å²) in [4.78, 5) is 0. The zero-order valence-electron chi connectivity index (χ0n) is 12.6. The summed E-state index contributed by atoms with van der Waals surface area (Å²) in [5, 5.41) is 0. The van der Waals surface area contributed by atoms with E-state index in [9.17, 15) is 0 Å². The number of hydrogen-bond donors (Lipinski definition) is 1. The third-order valence-electron chi connectivity index (χ3n) is 2.68. The predicted molar refractivity (Wildman–Crippen MR) is 78.7 cm³/mol. The van der Waals surface area contributed by atoms with Crippen molar-refractivity contribution in [3.63, 3.8) is 0 Å². The van der Waals surface area contributed by atoms with E-state index >= 15 is 0 Å². The van der Waals surface area contributed by atoms with E-state index in [4.69, 9.17) is 5.73 Å². The molecule has 1 heteroatoms. The molecule has 0 rings (SSSR count). The summed E-state index contributed by atoms with van der Waals surface area (Å²) < 4.78 is 0. The average Bonchev–Trinajstić information content (AvgIpc) is 2.33. The second-order valence-electron chi connectivity index (χ2n) is 4.01.